The number of alkyl halides is 2. The van der Waals surface area contributed by atoms with Gasteiger partial charge in [0.2, 0.25) is 0 Å². The number of allylic oxidation sites excluding steroid dienone is 1. The zero-order valence-electron chi connectivity index (χ0n) is 23.3. The van der Waals surface area contributed by atoms with E-state index in [4.69, 9.17) is 9.72 Å². The van der Waals surface area contributed by atoms with E-state index in [2.05, 4.69) is 27.5 Å². The lowest BCUT2D eigenvalue weighted by Gasteiger charge is -2.40. The van der Waals surface area contributed by atoms with Crippen molar-refractivity contribution >= 4 is 40.6 Å². The van der Waals surface area contributed by atoms with Gasteiger partial charge in [0.05, 0.1) is 19.2 Å². The first-order valence-corrected chi connectivity index (χ1v) is 13.7. The first kappa shape index (κ1) is 27.5. The lowest BCUT2D eigenvalue weighted by atomic mass is 9.88. The summed E-state index contributed by atoms with van der Waals surface area (Å²) in [5, 5.41) is 7.81. The molecule has 4 aromatic rings. The molecule has 0 bridgehead atoms. The van der Waals surface area contributed by atoms with E-state index in [-0.39, 0.29) is 18.1 Å². The first-order valence-electron chi connectivity index (χ1n) is 13.7. The lowest BCUT2D eigenvalue weighted by molar-refractivity contribution is -0.113. The monoisotopic (exact) mass is 571 g/mol. The number of anilines is 2. The number of hydrazone groups is 1. The van der Waals surface area contributed by atoms with Gasteiger partial charge in [-0.2, -0.15) is 5.10 Å². The summed E-state index contributed by atoms with van der Waals surface area (Å²) in [5.74, 6) is -2.06. The van der Waals surface area contributed by atoms with E-state index in [0.29, 0.717) is 17.3 Å². The van der Waals surface area contributed by atoms with Gasteiger partial charge >= 0.3 is 0 Å². The summed E-state index contributed by atoms with van der Waals surface area (Å²) in [6.07, 6.45) is 5.06. The standard InChI is InChI=1S/C31H31F2N7O2/c1-19(16-36-34-2)20-6-8-23(9-7-20)37-28-10-11-35-29(38-28)22-5-4-21-12-27(30(41)39-17-31(32,33)18-39)40(26(21)13-22)24-14-25(15-24)42-3/h4-13,16,24-25,36H,2,14-15,17-18H2,1,3H3,(H,35,37,38)/b19-16+. The third kappa shape index (κ3) is 5.35. The zero-order chi connectivity index (χ0) is 29.4. The number of hydrogen-bond acceptors (Lipinski definition) is 7. The summed E-state index contributed by atoms with van der Waals surface area (Å²) in [6.45, 7) is 4.28. The molecule has 1 saturated heterocycles. The summed E-state index contributed by atoms with van der Waals surface area (Å²) < 4.78 is 34.6. The maximum Gasteiger partial charge on any atom is 0.282 e. The summed E-state index contributed by atoms with van der Waals surface area (Å²) >= 11 is 0. The van der Waals surface area contributed by atoms with Crippen LogP contribution in [0.1, 0.15) is 41.9 Å². The van der Waals surface area contributed by atoms with E-state index in [1.807, 2.05) is 54.0 Å². The van der Waals surface area contributed by atoms with Gasteiger partial charge in [0.1, 0.15) is 11.5 Å². The highest BCUT2D eigenvalue weighted by Gasteiger charge is 2.47. The lowest BCUT2D eigenvalue weighted by Crippen LogP contribution is -2.58. The molecule has 3 heterocycles. The molecule has 2 aromatic heterocycles. The highest BCUT2D eigenvalue weighted by molar-refractivity contribution is 6.00. The number of halogens is 2. The predicted octanol–water partition coefficient (Wildman–Crippen LogP) is 5.85. The molecule has 0 unspecified atom stereocenters. The van der Waals surface area contributed by atoms with E-state index in [9.17, 15) is 13.6 Å². The van der Waals surface area contributed by atoms with Crippen molar-refractivity contribution in [2.45, 2.75) is 37.8 Å². The van der Waals surface area contributed by atoms with E-state index in [1.54, 1.807) is 31.6 Å². The fourth-order valence-electron chi connectivity index (χ4n) is 5.43. The smallest absolute Gasteiger partial charge is 0.282 e. The summed E-state index contributed by atoms with van der Waals surface area (Å²) in [6, 6.07) is 17.3. The van der Waals surface area contributed by atoms with Crippen LogP contribution in [0.4, 0.5) is 20.3 Å². The largest absolute Gasteiger partial charge is 0.381 e. The SMILES string of the molecule is C=NN/C=C(\C)c1ccc(Nc2ccnc(-c3ccc4cc(C(=O)N5CC(F)(F)C5)n(C5CC(OC)C5)c4c3)n2)cc1. The average Bonchev–Trinajstić information content (AvgIpc) is 3.32. The molecule has 0 spiro atoms. The Hall–Kier alpha value is -4.64. The van der Waals surface area contributed by atoms with Crippen molar-refractivity contribution in [2.75, 3.05) is 25.5 Å². The molecule has 2 N–H and O–H groups in total. The van der Waals surface area contributed by atoms with Crippen LogP contribution in [0.2, 0.25) is 0 Å². The molecule has 2 aromatic carbocycles. The van der Waals surface area contributed by atoms with Crippen LogP contribution in [0.5, 0.6) is 0 Å². The van der Waals surface area contributed by atoms with Gasteiger partial charge in [0.15, 0.2) is 5.82 Å². The van der Waals surface area contributed by atoms with Crippen molar-refractivity contribution in [1.29, 1.82) is 0 Å². The number of nitrogens with zero attached hydrogens (tertiary/aromatic N) is 5. The Morgan fingerprint density at radius 1 is 1.14 bits per heavy atom. The van der Waals surface area contributed by atoms with E-state index in [1.165, 1.54) is 4.90 Å². The van der Waals surface area contributed by atoms with Gasteiger partial charge in [-0.25, -0.2) is 18.7 Å². The normalized spacial score (nSPS) is 19.6. The number of carbonyl (C=O) groups excluding carboxylic acids is 1. The van der Waals surface area contributed by atoms with Gasteiger partial charge in [-0.15, -0.1) is 0 Å². The number of aromatic nitrogens is 3. The Balaban J connectivity index is 1.28. The van der Waals surface area contributed by atoms with Gasteiger partial charge in [-0.05, 0) is 61.2 Å². The quantitative estimate of drug-likeness (QED) is 0.193. The van der Waals surface area contributed by atoms with Crippen LogP contribution < -0.4 is 10.7 Å². The maximum absolute atomic E-state index is 13.6. The molecule has 9 nitrogen and oxygen atoms in total. The maximum atomic E-state index is 13.6. The highest BCUT2D eigenvalue weighted by Crippen LogP contribution is 2.40. The Morgan fingerprint density at radius 2 is 1.90 bits per heavy atom. The highest BCUT2D eigenvalue weighted by atomic mass is 19.3. The van der Waals surface area contributed by atoms with Crippen LogP contribution in [0.3, 0.4) is 0 Å². The summed E-state index contributed by atoms with van der Waals surface area (Å²) in [7, 11) is 1.67. The second-order valence-electron chi connectivity index (χ2n) is 10.8. The summed E-state index contributed by atoms with van der Waals surface area (Å²) in [5.41, 5.74) is 7.70. The number of likely N-dealkylation sites (tertiary alicyclic amines) is 1. The van der Waals surface area contributed by atoms with Crippen molar-refractivity contribution < 1.29 is 18.3 Å². The molecule has 1 saturated carbocycles. The average molecular weight is 572 g/mol. The van der Waals surface area contributed by atoms with Gasteiger partial charge < -0.3 is 19.5 Å². The fraction of sp³-hybridized carbons (Fsp3) is 0.290. The molecule has 1 aliphatic heterocycles. The molecule has 42 heavy (non-hydrogen) atoms. The van der Waals surface area contributed by atoms with Gasteiger partial charge in [-0.1, -0.05) is 24.3 Å². The van der Waals surface area contributed by atoms with Crippen LogP contribution >= 0.6 is 0 Å². The fourth-order valence-corrected chi connectivity index (χ4v) is 5.43. The molecule has 2 fully saturated rings. The number of rotatable bonds is 9. The van der Waals surface area contributed by atoms with Crippen molar-refractivity contribution in [1.82, 2.24) is 24.9 Å². The number of ether oxygens (including phenoxy) is 1. The summed E-state index contributed by atoms with van der Waals surface area (Å²) in [4.78, 5) is 23.7. The van der Waals surface area contributed by atoms with E-state index in [0.717, 1.165) is 46.1 Å². The molecule has 6 rings (SSSR count). The van der Waals surface area contributed by atoms with Crippen LogP contribution in [0.15, 0.2) is 72.1 Å². The van der Waals surface area contributed by atoms with E-state index < -0.39 is 19.0 Å². The number of nitrogens with one attached hydrogen (secondary N) is 2. The topological polar surface area (TPSA) is 96.7 Å². The second-order valence-corrected chi connectivity index (χ2v) is 10.8. The molecule has 1 aliphatic carbocycles. The van der Waals surface area contributed by atoms with Crippen molar-refractivity contribution in [2.24, 2.45) is 5.10 Å². The number of benzene rings is 2. The number of hydrogen-bond donors (Lipinski definition) is 2. The van der Waals surface area contributed by atoms with Crippen molar-refractivity contribution in [3.8, 4) is 11.4 Å². The molecule has 1 amide bonds. The minimum absolute atomic E-state index is 0.0302. The van der Waals surface area contributed by atoms with Crippen LogP contribution in [-0.4, -0.2) is 64.3 Å². The molecule has 0 radical (unpaired) electrons. The molecule has 0 atom stereocenters. The van der Waals surface area contributed by atoms with Gasteiger partial charge in [0, 0.05) is 54.4 Å². The Kier molecular flexibility index (Phi) is 7.19. The van der Waals surface area contributed by atoms with Gasteiger partial charge in [-0.3, -0.25) is 10.2 Å². The number of fused-ring (bicyclic) bond motifs is 1. The van der Waals surface area contributed by atoms with Crippen LogP contribution in [-0.2, 0) is 4.74 Å². The minimum Gasteiger partial charge on any atom is -0.381 e. The molecular formula is C31H31F2N7O2. The van der Waals surface area contributed by atoms with E-state index >= 15 is 0 Å². The Morgan fingerprint density at radius 3 is 2.60 bits per heavy atom. The molecule has 11 heteroatoms. The van der Waals surface area contributed by atoms with Crippen LogP contribution in [0.25, 0.3) is 27.9 Å². The Labute approximate surface area is 241 Å². The third-order valence-electron chi connectivity index (χ3n) is 7.86. The Bertz CT molecular complexity index is 1670. The molecule has 2 aliphatic rings. The van der Waals surface area contributed by atoms with Crippen LogP contribution in [0, 0.1) is 0 Å². The predicted molar refractivity (Wildman–Crippen MR) is 159 cm³/mol. The number of carbonyl (C=O) groups is 1. The van der Waals surface area contributed by atoms with Gasteiger partial charge in [0.25, 0.3) is 11.8 Å². The second kappa shape index (κ2) is 11.0. The minimum atomic E-state index is -2.83. The molecule has 216 valence electrons. The molecular weight excluding hydrogens is 540 g/mol. The first-order chi connectivity index (χ1) is 20.2. The van der Waals surface area contributed by atoms with Crippen molar-refractivity contribution in [3.63, 3.8) is 0 Å². The number of amides is 1. The third-order valence-corrected chi connectivity index (χ3v) is 7.86. The van der Waals surface area contributed by atoms with Crippen molar-refractivity contribution in [3.05, 3.63) is 78.3 Å². The number of methoxy groups -OCH3 is 1. The zero-order valence-corrected chi connectivity index (χ0v) is 23.3.